The molecule has 0 fully saturated rings. The third-order valence-electron chi connectivity index (χ3n) is 3.77. The molecule has 0 atom stereocenters. The zero-order valence-electron chi connectivity index (χ0n) is 13.6. The van der Waals surface area contributed by atoms with Crippen LogP contribution in [0.2, 0.25) is 0 Å². The number of fused-ring (bicyclic) bond motifs is 1. The minimum Gasteiger partial charge on any atom is -0.492 e. The molecule has 0 aliphatic rings. The summed E-state index contributed by atoms with van der Waals surface area (Å²) in [6.07, 6.45) is 1.56. The summed E-state index contributed by atoms with van der Waals surface area (Å²) in [5.41, 5.74) is 2.19. The van der Waals surface area contributed by atoms with Crippen molar-refractivity contribution in [3.8, 4) is 16.9 Å². The van der Waals surface area contributed by atoms with Crippen molar-refractivity contribution in [2.24, 2.45) is 0 Å². The van der Waals surface area contributed by atoms with Crippen molar-refractivity contribution in [1.82, 2.24) is 4.98 Å². The van der Waals surface area contributed by atoms with Gasteiger partial charge < -0.3 is 10.1 Å². The number of ether oxygens (including phenoxy) is 1. The molecular weight excluding hydrogens is 322 g/mol. The van der Waals surface area contributed by atoms with Gasteiger partial charge in [0.25, 0.3) is 5.69 Å². The number of anilines is 1. The van der Waals surface area contributed by atoms with Gasteiger partial charge in [-0.05, 0) is 29.8 Å². The zero-order chi connectivity index (χ0) is 18.0. The van der Waals surface area contributed by atoms with Crippen molar-refractivity contribution in [1.29, 1.82) is 0 Å². The first-order valence-corrected chi connectivity index (χ1v) is 7.50. The van der Waals surface area contributed by atoms with E-state index in [4.69, 9.17) is 4.74 Å². The molecular formula is C18H15N3O4. The summed E-state index contributed by atoms with van der Waals surface area (Å²) in [6, 6.07) is 11.7. The molecule has 3 rings (SSSR count). The van der Waals surface area contributed by atoms with E-state index < -0.39 is 4.92 Å². The van der Waals surface area contributed by atoms with Gasteiger partial charge in [-0.2, -0.15) is 0 Å². The molecule has 0 saturated heterocycles. The van der Waals surface area contributed by atoms with Gasteiger partial charge in [-0.15, -0.1) is 0 Å². The van der Waals surface area contributed by atoms with Crippen LogP contribution in [0.3, 0.4) is 0 Å². The summed E-state index contributed by atoms with van der Waals surface area (Å²) < 4.78 is 5.42. The Morgan fingerprint density at radius 2 is 1.92 bits per heavy atom. The van der Waals surface area contributed by atoms with E-state index in [9.17, 15) is 14.9 Å². The predicted octanol–water partition coefficient (Wildman–Crippen LogP) is 3.78. The van der Waals surface area contributed by atoms with Gasteiger partial charge in [0, 0.05) is 24.6 Å². The van der Waals surface area contributed by atoms with E-state index in [1.54, 1.807) is 42.6 Å². The second kappa shape index (κ2) is 6.56. The first-order valence-electron chi connectivity index (χ1n) is 7.50. The highest BCUT2D eigenvalue weighted by Gasteiger charge is 2.19. The molecule has 1 amide bonds. The van der Waals surface area contributed by atoms with Crippen molar-refractivity contribution in [3.63, 3.8) is 0 Å². The molecule has 0 bridgehead atoms. The lowest BCUT2D eigenvalue weighted by molar-refractivity contribution is -0.384. The van der Waals surface area contributed by atoms with Gasteiger partial charge in [-0.1, -0.05) is 12.1 Å². The Labute approximate surface area is 143 Å². The topological polar surface area (TPSA) is 94.4 Å². The van der Waals surface area contributed by atoms with E-state index in [0.29, 0.717) is 33.5 Å². The van der Waals surface area contributed by atoms with Gasteiger partial charge in [0.2, 0.25) is 5.91 Å². The summed E-state index contributed by atoms with van der Waals surface area (Å²) in [6.45, 7) is 1.40. The molecule has 126 valence electrons. The highest BCUT2D eigenvalue weighted by Crippen LogP contribution is 2.39. The van der Waals surface area contributed by atoms with Gasteiger partial charge in [-0.3, -0.25) is 19.9 Å². The first kappa shape index (κ1) is 16.4. The van der Waals surface area contributed by atoms with Crippen LogP contribution in [0.25, 0.3) is 22.0 Å². The molecule has 0 unspecified atom stereocenters. The third-order valence-corrected chi connectivity index (χ3v) is 3.77. The second-order valence-corrected chi connectivity index (χ2v) is 5.36. The molecule has 1 heterocycles. The highest BCUT2D eigenvalue weighted by atomic mass is 16.6. The van der Waals surface area contributed by atoms with E-state index in [1.807, 2.05) is 0 Å². The normalized spacial score (nSPS) is 10.5. The Hall–Kier alpha value is -3.48. The second-order valence-electron chi connectivity index (χ2n) is 5.36. The Morgan fingerprint density at radius 3 is 2.60 bits per heavy atom. The summed E-state index contributed by atoms with van der Waals surface area (Å²) in [5, 5.41) is 14.7. The largest absolute Gasteiger partial charge is 0.492 e. The number of benzene rings is 2. The molecule has 0 aliphatic carbocycles. The van der Waals surface area contributed by atoms with Crippen LogP contribution in [0, 0.1) is 10.1 Å². The predicted molar refractivity (Wildman–Crippen MR) is 94.7 cm³/mol. The lowest BCUT2D eigenvalue weighted by atomic mass is 9.99. The maximum atomic E-state index is 11.4. The lowest BCUT2D eigenvalue weighted by Gasteiger charge is -2.13. The quantitative estimate of drug-likeness (QED) is 0.577. The van der Waals surface area contributed by atoms with E-state index in [2.05, 4.69) is 10.3 Å². The van der Waals surface area contributed by atoms with Crippen LogP contribution in [-0.4, -0.2) is 22.9 Å². The van der Waals surface area contributed by atoms with Gasteiger partial charge in [0.1, 0.15) is 5.52 Å². The fourth-order valence-electron chi connectivity index (χ4n) is 2.78. The molecule has 0 saturated carbocycles. The number of carbonyl (C=O) groups is 1. The van der Waals surface area contributed by atoms with Crippen molar-refractivity contribution < 1.29 is 14.5 Å². The molecule has 7 nitrogen and oxygen atoms in total. The highest BCUT2D eigenvalue weighted by molar-refractivity contribution is 6.03. The number of hydrogen-bond donors (Lipinski definition) is 1. The molecule has 1 aromatic heterocycles. The van der Waals surface area contributed by atoms with Gasteiger partial charge in [0.15, 0.2) is 5.75 Å². The van der Waals surface area contributed by atoms with Crippen LogP contribution in [-0.2, 0) is 4.79 Å². The number of aromatic nitrogens is 1. The third kappa shape index (κ3) is 2.99. The van der Waals surface area contributed by atoms with Crippen LogP contribution >= 0.6 is 0 Å². The number of rotatable bonds is 4. The molecule has 25 heavy (non-hydrogen) atoms. The summed E-state index contributed by atoms with van der Waals surface area (Å²) in [5.74, 6) is 0.181. The maximum Gasteiger partial charge on any atom is 0.277 e. The Bertz CT molecular complexity index is 985. The number of pyridine rings is 1. The monoisotopic (exact) mass is 337 g/mol. The van der Waals surface area contributed by atoms with E-state index >= 15 is 0 Å². The standard InChI is InChI=1S/C18H15N3O4/c1-11(22)20-15-8-7-14-12(9-10-19-17(14)18(15)25-2)13-5-3-4-6-16(13)21(23)24/h3-10H,1-2H3,(H,20,22). The molecule has 0 spiro atoms. The molecule has 1 N–H and O–H groups in total. The smallest absolute Gasteiger partial charge is 0.277 e. The molecule has 7 heteroatoms. The molecule has 3 aromatic rings. The minimum absolute atomic E-state index is 0.0138. The number of nitro groups is 1. The van der Waals surface area contributed by atoms with Gasteiger partial charge >= 0.3 is 0 Å². The summed E-state index contributed by atoms with van der Waals surface area (Å²) >= 11 is 0. The van der Waals surface area contributed by atoms with E-state index in [-0.39, 0.29) is 11.6 Å². The number of nitrogens with one attached hydrogen (secondary N) is 1. The van der Waals surface area contributed by atoms with Gasteiger partial charge in [0.05, 0.1) is 23.3 Å². The Morgan fingerprint density at radius 1 is 1.16 bits per heavy atom. The average molecular weight is 337 g/mol. The van der Waals surface area contributed by atoms with E-state index in [1.165, 1.54) is 20.1 Å². The fraction of sp³-hybridized carbons (Fsp3) is 0.111. The minimum atomic E-state index is -0.412. The average Bonchev–Trinajstić information content (AvgIpc) is 2.60. The number of nitrogens with zero attached hydrogens (tertiary/aromatic N) is 2. The van der Waals surface area contributed by atoms with Crippen LogP contribution in [0.15, 0.2) is 48.7 Å². The van der Waals surface area contributed by atoms with Gasteiger partial charge in [-0.25, -0.2) is 0 Å². The number of methoxy groups -OCH3 is 1. The fourth-order valence-corrected chi connectivity index (χ4v) is 2.78. The number of amides is 1. The van der Waals surface area contributed by atoms with E-state index in [0.717, 1.165) is 0 Å². The molecule has 0 radical (unpaired) electrons. The van der Waals surface area contributed by atoms with Crippen LogP contribution in [0.1, 0.15) is 6.92 Å². The molecule has 2 aromatic carbocycles. The summed E-state index contributed by atoms with van der Waals surface area (Å²) in [4.78, 5) is 26.6. The summed E-state index contributed by atoms with van der Waals surface area (Å²) in [7, 11) is 1.49. The van der Waals surface area contributed by atoms with Crippen molar-refractivity contribution in [2.75, 3.05) is 12.4 Å². The number of hydrogen-bond acceptors (Lipinski definition) is 5. The lowest BCUT2D eigenvalue weighted by Crippen LogP contribution is -2.07. The first-order chi connectivity index (χ1) is 12.0. The number of carbonyl (C=O) groups excluding carboxylic acids is 1. The zero-order valence-corrected chi connectivity index (χ0v) is 13.6. The number of nitro benzene ring substituents is 1. The molecule has 0 aliphatic heterocycles. The number of para-hydroxylation sites is 1. The van der Waals surface area contributed by atoms with Crippen LogP contribution in [0.4, 0.5) is 11.4 Å². The SMILES string of the molecule is COc1c(NC(C)=O)ccc2c(-c3ccccc3[N+](=O)[O-])ccnc12. The maximum absolute atomic E-state index is 11.4. The Balaban J connectivity index is 2.29. The van der Waals surface area contributed by atoms with Crippen molar-refractivity contribution >= 4 is 28.2 Å². The van der Waals surface area contributed by atoms with Crippen LogP contribution in [0.5, 0.6) is 5.75 Å². The van der Waals surface area contributed by atoms with Crippen LogP contribution < -0.4 is 10.1 Å². The van der Waals surface area contributed by atoms with Crippen molar-refractivity contribution in [2.45, 2.75) is 6.92 Å². The Kier molecular flexibility index (Phi) is 4.30. The van der Waals surface area contributed by atoms with Crippen molar-refractivity contribution in [3.05, 3.63) is 58.8 Å².